The van der Waals surface area contributed by atoms with E-state index in [1.807, 2.05) is 12.1 Å². The Morgan fingerprint density at radius 2 is 1.46 bits per heavy atom. The summed E-state index contributed by atoms with van der Waals surface area (Å²) in [4.78, 5) is 25.2. The van der Waals surface area contributed by atoms with Gasteiger partial charge in [0.05, 0.1) is 37.8 Å². The Balaban J connectivity index is 3.04. The molecule has 28 heavy (non-hydrogen) atoms. The number of benzene rings is 1. The number of carbonyl (C=O) groups excluding carboxylic acids is 2. The van der Waals surface area contributed by atoms with Gasteiger partial charge in [-0.1, -0.05) is 12.1 Å². The van der Waals surface area contributed by atoms with Crippen molar-refractivity contribution >= 4 is 11.9 Å². The van der Waals surface area contributed by atoms with E-state index in [4.69, 9.17) is 18.9 Å². The van der Waals surface area contributed by atoms with E-state index in [9.17, 15) is 24.5 Å². The monoisotopic (exact) mass is 388 g/mol. The zero-order valence-corrected chi connectivity index (χ0v) is 15.6. The molecule has 146 valence electrons. The normalized spacial score (nSPS) is 19.5. The number of hydrogen-bond donors (Lipinski definition) is 0. The van der Waals surface area contributed by atoms with Gasteiger partial charge in [0.2, 0.25) is 11.2 Å². The van der Waals surface area contributed by atoms with Crippen LogP contribution in [0.25, 0.3) is 0 Å². The average molecular weight is 388 g/mol. The first-order valence-electron chi connectivity index (χ1n) is 7.93. The first-order valence-corrected chi connectivity index (χ1v) is 7.93. The standard InChI is InChI=1S/C19H17FN2O6/c1-25-16(23)13-14(11-5-7-12(20)8-6-11)18(9-21,10-22)19(27-3,28-4)15(13)17(24)26-2/h5-8,14H,1-4H3. The Hall–Kier alpha value is -3.27. The molecule has 0 saturated carbocycles. The molecular weight excluding hydrogens is 371 g/mol. The SMILES string of the molecule is COC(=O)C1=C(C(=O)OC)C(OC)(OC)C(C#N)(C#N)C1c1ccc(F)cc1. The molecule has 1 atom stereocenters. The smallest absolute Gasteiger partial charge is 0.339 e. The van der Waals surface area contributed by atoms with E-state index in [1.165, 1.54) is 12.1 Å². The molecule has 0 heterocycles. The van der Waals surface area contributed by atoms with E-state index in [2.05, 4.69) is 0 Å². The van der Waals surface area contributed by atoms with Crippen molar-refractivity contribution in [2.24, 2.45) is 5.41 Å². The van der Waals surface area contributed by atoms with Crippen LogP contribution in [0.3, 0.4) is 0 Å². The highest BCUT2D eigenvalue weighted by Crippen LogP contribution is 2.60. The topological polar surface area (TPSA) is 119 Å². The third-order valence-electron chi connectivity index (χ3n) is 4.77. The Labute approximate surface area is 160 Å². The van der Waals surface area contributed by atoms with Crippen LogP contribution in [0.2, 0.25) is 0 Å². The van der Waals surface area contributed by atoms with E-state index in [0.29, 0.717) is 0 Å². The van der Waals surface area contributed by atoms with Gasteiger partial charge in [-0.3, -0.25) is 0 Å². The van der Waals surface area contributed by atoms with Crippen molar-refractivity contribution in [3.63, 3.8) is 0 Å². The van der Waals surface area contributed by atoms with Crippen molar-refractivity contribution in [1.29, 1.82) is 10.5 Å². The lowest BCUT2D eigenvalue weighted by Crippen LogP contribution is -2.52. The molecule has 1 aromatic carbocycles. The van der Waals surface area contributed by atoms with Gasteiger partial charge >= 0.3 is 11.9 Å². The predicted octanol–water partition coefficient (Wildman–Crippen LogP) is 1.59. The fraction of sp³-hybridized carbons (Fsp3) is 0.368. The van der Waals surface area contributed by atoms with Gasteiger partial charge in [0.25, 0.3) is 0 Å². The molecule has 0 radical (unpaired) electrons. The lowest BCUT2D eigenvalue weighted by molar-refractivity contribution is -0.218. The summed E-state index contributed by atoms with van der Waals surface area (Å²) in [5.41, 5.74) is -2.82. The summed E-state index contributed by atoms with van der Waals surface area (Å²) in [6.07, 6.45) is 0. The maximum atomic E-state index is 13.4. The van der Waals surface area contributed by atoms with Crippen LogP contribution in [0.15, 0.2) is 35.4 Å². The van der Waals surface area contributed by atoms with E-state index < -0.39 is 40.4 Å². The van der Waals surface area contributed by atoms with Gasteiger partial charge < -0.3 is 18.9 Å². The Bertz CT molecular complexity index is 892. The highest BCUT2D eigenvalue weighted by atomic mass is 19.1. The summed E-state index contributed by atoms with van der Waals surface area (Å²) in [5.74, 6) is -6.19. The second kappa shape index (κ2) is 7.77. The summed E-state index contributed by atoms with van der Waals surface area (Å²) in [6, 6.07) is 8.46. The van der Waals surface area contributed by atoms with Crippen molar-refractivity contribution in [2.45, 2.75) is 11.7 Å². The Kier molecular flexibility index (Phi) is 5.84. The molecule has 0 N–H and O–H groups in total. The highest BCUT2D eigenvalue weighted by Gasteiger charge is 2.71. The van der Waals surface area contributed by atoms with Crippen molar-refractivity contribution in [1.82, 2.24) is 0 Å². The van der Waals surface area contributed by atoms with Gasteiger partial charge in [-0.2, -0.15) is 10.5 Å². The quantitative estimate of drug-likeness (QED) is 0.551. The van der Waals surface area contributed by atoms with Crippen LogP contribution in [0.4, 0.5) is 4.39 Å². The third kappa shape index (κ3) is 2.64. The minimum absolute atomic E-state index is 0.210. The second-order valence-electron chi connectivity index (χ2n) is 5.81. The number of nitriles is 2. The number of methoxy groups -OCH3 is 4. The fourth-order valence-electron chi connectivity index (χ4n) is 3.58. The van der Waals surface area contributed by atoms with Crippen LogP contribution in [0, 0.1) is 33.9 Å². The molecule has 0 bridgehead atoms. The third-order valence-corrected chi connectivity index (χ3v) is 4.77. The van der Waals surface area contributed by atoms with Gasteiger partial charge in [0.1, 0.15) is 11.4 Å². The number of halogens is 1. The molecule has 0 aliphatic heterocycles. The highest BCUT2D eigenvalue weighted by molar-refractivity contribution is 6.05. The van der Waals surface area contributed by atoms with Crippen molar-refractivity contribution in [3.05, 3.63) is 46.8 Å². The lowest BCUT2D eigenvalue weighted by atomic mass is 9.70. The molecule has 0 amide bonds. The van der Waals surface area contributed by atoms with Crippen LogP contribution in [0.5, 0.6) is 0 Å². The summed E-state index contributed by atoms with van der Waals surface area (Å²) >= 11 is 0. The van der Waals surface area contributed by atoms with E-state index in [-0.39, 0.29) is 11.1 Å². The molecule has 0 aromatic heterocycles. The summed E-state index contributed by atoms with van der Waals surface area (Å²) in [5, 5.41) is 20.0. The van der Waals surface area contributed by atoms with Crippen molar-refractivity contribution < 1.29 is 32.9 Å². The minimum atomic E-state index is -2.26. The molecule has 1 aromatic rings. The van der Waals surface area contributed by atoms with Crippen LogP contribution >= 0.6 is 0 Å². The summed E-state index contributed by atoms with van der Waals surface area (Å²) in [7, 11) is 4.38. The number of hydrogen-bond acceptors (Lipinski definition) is 8. The first-order chi connectivity index (χ1) is 13.3. The maximum Gasteiger partial charge on any atom is 0.339 e. The van der Waals surface area contributed by atoms with E-state index in [0.717, 1.165) is 40.6 Å². The number of ether oxygens (including phenoxy) is 4. The minimum Gasteiger partial charge on any atom is -0.466 e. The molecule has 1 aliphatic carbocycles. The lowest BCUT2D eigenvalue weighted by Gasteiger charge is -2.38. The zero-order chi connectivity index (χ0) is 21.1. The Morgan fingerprint density at radius 3 is 1.86 bits per heavy atom. The number of esters is 2. The summed E-state index contributed by atoms with van der Waals surface area (Å²) in [6.45, 7) is 0. The molecular formula is C19H17FN2O6. The molecule has 1 aliphatic rings. The van der Waals surface area contributed by atoms with E-state index >= 15 is 0 Å². The van der Waals surface area contributed by atoms with Gasteiger partial charge in [-0.05, 0) is 17.7 Å². The van der Waals surface area contributed by atoms with E-state index in [1.54, 1.807) is 0 Å². The molecule has 0 saturated heterocycles. The largest absolute Gasteiger partial charge is 0.466 e. The predicted molar refractivity (Wildman–Crippen MR) is 90.6 cm³/mol. The van der Waals surface area contributed by atoms with Crippen LogP contribution in [-0.2, 0) is 28.5 Å². The van der Waals surface area contributed by atoms with Crippen LogP contribution in [-0.4, -0.2) is 46.2 Å². The van der Waals surface area contributed by atoms with Crippen molar-refractivity contribution in [3.8, 4) is 12.1 Å². The molecule has 0 spiro atoms. The summed E-state index contributed by atoms with van der Waals surface area (Å²) < 4.78 is 33.7. The zero-order valence-electron chi connectivity index (χ0n) is 15.6. The number of nitrogens with zero attached hydrogens (tertiary/aromatic N) is 2. The average Bonchev–Trinajstić information content (AvgIpc) is 3.00. The van der Waals surface area contributed by atoms with Gasteiger partial charge in [0.15, 0.2) is 0 Å². The molecule has 1 unspecified atom stereocenters. The first kappa shape index (κ1) is 21.0. The molecule has 8 nitrogen and oxygen atoms in total. The molecule has 2 rings (SSSR count). The van der Waals surface area contributed by atoms with Crippen molar-refractivity contribution in [2.75, 3.05) is 28.4 Å². The van der Waals surface area contributed by atoms with Gasteiger partial charge in [-0.15, -0.1) is 0 Å². The fourth-order valence-corrected chi connectivity index (χ4v) is 3.58. The molecule has 9 heteroatoms. The molecule has 0 fully saturated rings. The van der Waals surface area contributed by atoms with Crippen LogP contribution in [0.1, 0.15) is 11.5 Å². The van der Waals surface area contributed by atoms with Gasteiger partial charge in [-0.25, -0.2) is 14.0 Å². The van der Waals surface area contributed by atoms with Gasteiger partial charge in [0, 0.05) is 14.2 Å². The number of carbonyl (C=O) groups is 2. The Morgan fingerprint density at radius 1 is 0.964 bits per heavy atom. The van der Waals surface area contributed by atoms with Crippen LogP contribution < -0.4 is 0 Å². The second-order valence-corrected chi connectivity index (χ2v) is 5.81. The number of rotatable bonds is 5. The maximum absolute atomic E-state index is 13.4.